The molecule has 1 fully saturated rings. The average molecular weight is 444 g/mol. The first-order valence-corrected chi connectivity index (χ1v) is 8.87. The Hall–Kier alpha value is -2.22. The maximum absolute atomic E-state index is 12.8. The molecular weight excluding hydrogens is 417 g/mol. The summed E-state index contributed by atoms with van der Waals surface area (Å²) in [6.45, 7) is 3.67. The van der Waals surface area contributed by atoms with E-state index < -0.39 is 0 Å². The third-order valence-corrected chi connectivity index (χ3v) is 4.70. The number of carbonyl (C=O) groups excluding carboxylic acids is 1. The van der Waals surface area contributed by atoms with Gasteiger partial charge in [0.1, 0.15) is 5.82 Å². The van der Waals surface area contributed by atoms with Crippen LogP contribution in [0.4, 0.5) is 5.82 Å². The summed E-state index contributed by atoms with van der Waals surface area (Å²) in [4.78, 5) is 21.6. The van der Waals surface area contributed by atoms with Gasteiger partial charge in [-0.25, -0.2) is 4.98 Å². The second kappa shape index (κ2) is 11.7. The molecule has 0 bridgehead atoms. The minimum absolute atomic E-state index is 0. The van der Waals surface area contributed by atoms with Gasteiger partial charge in [-0.05, 0) is 24.3 Å². The molecule has 1 aromatic carbocycles. The minimum Gasteiger partial charge on any atom is -0.493 e. The fourth-order valence-electron chi connectivity index (χ4n) is 3.21. The van der Waals surface area contributed by atoms with Gasteiger partial charge in [-0.15, -0.1) is 24.8 Å². The normalized spacial score (nSPS) is 13.7. The number of piperazine rings is 1. The highest BCUT2D eigenvalue weighted by Gasteiger charge is 2.22. The van der Waals surface area contributed by atoms with Gasteiger partial charge in [-0.1, -0.05) is 6.07 Å². The van der Waals surface area contributed by atoms with Gasteiger partial charge in [0, 0.05) is 37.9 Å². The summed E-state index contributed by atoms with van der Waals surface area (Å²) in [5, 5.41) is 0. The Labute approximate surface area is 183 Å². The zero-order valence-corrected chi connectivity index (χ0v) is 18.4. The van der Waals surface area contributed by atoms with Crippen LogP contribution >= 0.6 is 24.8 Å². The summed E-state index contributed by atoms with van der Waals surface area (Å²) < 4.78 is 16.0. The number of ketones is 1. The molecule has 1 aromatic heterocycles. The number of methoxy groups -OCH3 is 3. The summed E-state index contributed by atoms with van der Waals surface area (Å²) in [6.07, 6.45) is 1.80. The summed E-state index contributed by atoms with van der Waals surface area (Å²) in [7, 11) is 4.63. The van der Waals surface area contributed by atoms with E-state index in [1.54, 1.807) is 39.7 Å². The number of pyridine rings is 1. The molecule has 3 rings (SSSR count). The fraction of sp³-hybridized carbons (Fsp3) is 0.400. The van der Waals surface area contributed by atoms with E-state index in [0.29, 0.717) is 29.4 Å². The molecule has 2 heterocycles. The number of anilines is 1. The second-order valence-corrected chi connectivity index (χ2v) is 6.29. The number of Topliss-reactive ketones (excluding diaryl/α,β-unsaturated/α-hetero) is 1. The van der Waals surface area contributed by atoms with Crippen molar-refractivity contribution in [1.82, 2.24) is 9.88 Å². The zero-order valence-electron chi connectivity index (χ0n) is 16.8. The van der Waals surface area contributed by atoms with Gasteiger partial charge >= 0.3 is 0 Å². The van der Waals surface area contributed by atoms with Crippen LogP contribution < -0.4 is 19.1 Å². The van der Waals surface area contributed by atoms with Crippen LogP contribution in [0.5, 0.6) is 17.2 Å². The fourth-order valence-corrected chi connectivity index (χ4v) is 3.21. The van der Waals surface area contributed by atoms with Crippen LogP contribution in [0.25, 0.3) is 0 Å². The molecule has 0 amide bonds. The van der Waals surface area contributed by atoms with Crippen LogP contribution in [0.15, 0.2) is 36.5 Å². The van der Waals surface area contributed by atoms with Crippen LogP contribution in [0.3, 0.4) is 0 Å². The Morgan fingerprint density at radius 3 is 2.07 bits per heavy atom. The van der Waals surface area contributed by atoms with E-state index in [1.165, 1.54) is 0 Å². The Morgan fingerprint density at radius 2 is 1.59 bits per heavy atom. The zero-order chi connectivity index (χ0) is 19.2. The highest BCUT2D eigenvalue weighted by Crippen LogP contribution is 2.38. The molecule has 9 heteroatoms. The second-order valence-electron chi connectivity index (χ2n) is 6.29. The first kappa shape index (κ1) is 24.8. The van der Waals surface area contributed by atoms with Crippen LogP contribution in [0.1, 0.15) is 10.4 Å². The first-order chi connectivity index (χ1) is 13.2. The van der Waals surface area contributed by atoms with Crippen molar-refractivity contribution in [2.24, 2.45) is 0 Å². The van der Waals surface area contributed by atoms with Crippen LogP contribution in [-0.4, -0.2) is 69.7 Å². The Kier molecular flexibility index (Phi) is 10.0. The third kappa shape index (κ3) is 5.88. The molecule has 2 aromatic rings. The van der Waals surface area contributed by atoms with Gasteiger partial charge in [-0.2, -0.15) is 0 Å². The van der Waals surface area contributed by atoms with Crippen molar-refractivity contribution >= 4 is 36.4 Å². The van der Waals surface area contributed by atoms with Gasteiger partial charge in [0.25, 0.3) is 0 Å². The molecule has 0 spiro atoms. The van der Waals surface area contributed by atoms with Crippen molar-refractivity contribution < 1.29 is 19.0 Å². The SMILES string of the molecule is COc1cc(C(=O)CN2CCN(c3ccccn3)CC2)cc(OC)c1OC.Cl.Cl. The molecule has 29 heavy (non-hydrogen) atoms. The molecule has 0 unspecified atom stereocenters. The minimum atomic E-state index is 0. The quantitative estimate of drug-likeness (QED) is 0.609. The smallest absolute Gasteiger partial charge is 0.203 e. The van der Waals surface area contributed by atoms with Crippen molar-refractivity contribution in [3.63, 3.8) is 0 Å². The molecule has 0 aliphatic carbocycles. The molecule has 7 nitrogen and oxygen atoms in total. The van der Waals surface area contributed by atoms with E-state index in [-0.39, 0.29) is 30.6 Å². The highest BCUT2D eigenvalue weighted by atomic mass is 35.5. The number of hydrogen-bond donors (Lipinski definition) is 0. The van der Waals surface area contributed by atoms with Gasteiger partial charge in [-0.3, -0.25) is 9.69 Å². The number of rotatable bonds is 7. The standard InChI is InChI=1S/C20H25N3O4.2ClH/c1-25-17-12-15(13-18(26-2)20(17)27-3)16(24)14-22-8-10-23(11-9-22)19-6-4-5-7-21-19;;/h4-7,12-13H,8-11,14H2,1-3H3;2*1H. The lowest BCUT2D eigenvalue weighted by atomic mass is 10.1. The lowest BCUT2D eigenvalue weighted by Gasteiger charge is -2.35. The molecule has 0 radical (unpaired) electrons. The molecule has 1 aliphatic heterocycles. The van der Waals surface area contributed by atoms with E-state index in [9.17, 15) is 4.79 Å². The van der Waals surface area contributed by atoms with Gasteiger partial charge in [0.15, 0.2) is 17.3 Å². The number of ether oxygens (including phenoxy) is 3. The molecule has 1 saturated heterocycles. The highest BCUT2D eigenvalue weighted by molar-refractivity contribution is 5.98. The monoisotopic (exact) mass is 443 g/mol. The average Bonchev–Trinajstić information content (AvgIpc) is 2.73. The largest absolute Gasteiger partial charge is 0.493 e. The lowest BCUT2D eigenvalue weighted by Crippen LogP contribution is -2.48. The molecule has 1 aliphatic rings. The molecule has 160 valence electrons. The Morgan fingerprint density at radius 1 is 0.966 bits per heavy atom. The van der Waals surface area contributed by atoms with Crippen molar-refractivity contribution in [3.8, 4) is 17.2 Å². The van der Waals surface area contributed by atoms with Gasteiger partial charge in [0.2, 0.25) is 5.75 Å². The number of hydrogen-bond acceptors (Lipinski definition) is 7. The number of carbonyl (C=O) groups is 1. The molecule has 0 saturated carbocycles. The number of nitrogens with zero attached hydrogens (tertiary/aromatic N) is 3. The first-order valence-electron chi connectivity index (χ1n) is 8.87. The number of benzene rings is 1. The van der Waals surface area contributed by atoms with Crippen molar-refractivity contribution in [1.29, 1.82) is 0 Å². The van der Waals surface area contributed by atoms with E-state index in [4.69, 9.17) is 14.2 Å². The van der Waals surface area contributed by atoms with Crippen LogP contribution in [0.2, 0.25) is 0 Å². The maximum atomic E-state index is 12.8. The van der Waals surface area contributed by atoms with E-state index >= 15 is 0 Å². The summed E-state index contributed by atoms with van der Waals surface area (Å²) >= 11 is 0. The van der Waals surface area contributed by atoms with E-state index in [2.05, 4.69) is 14.8 Å². The third-order valence-electron chi connectivity index (χ3n) is 4.70. The van der Waals surface area contributed by atoms with E-state index in [0.717, 1.165) is 32.0 Å². The number of aromatic nitrogens is 1. The van der Waals surface area contributed by atoms with Crippen LogP contribution in [-0.2, 0) is 0 Å². The predicted molar refractivity (Wildman–Crippen MR) is 118 cm³/mol. The predicted octanol–water partition coefficient (Wildman–Crippen LogP) is 2.96. The Balaban J connectivity index is 0.00000210. The maximum Gasteiger partial charge on any atom is 0.203 e. The van der Waals surface area contributed by atoms with Crippen molar-refractivity contribution in [2.45, 2.75) is 0 Å². The van der Waals surface area contributed by atoms with Crippen LogP contribution in [0, 0.1) is 0 Å². The van der Waals surface area contributed by atoms with Crippen molar-refractivity contribution in [2.75, 3.05) is 59.0 Å². The summed E-state index contributed by atoms with van der Waals surface area (Å²) in [5.74, 6) is 2.47. The lowest BCUT2D eigenvalue weighted by molar-refractivity contribution is 0.0925. The summed E-state index contributed by atoms with van der Waals surface area (Å²) in [6, 6.07) is 9.32. The molecule has 0 atom stereocenters. The molecule has 0 N–H and O–H groups in total. The number of halogens is 2. The van der Waals surface area contributed by atoms with Gasteiger partial charge in [0.05, 0.1) is 27.9 Å². The topological polar surface area (TPSA) is 64.1 Å². The Bertz CT molecular complexity index is 760. The molecular formula is C20H27Cl2N3O4. The van der Waals surface area contributed by atoms with Gasteiger partial charge < -0.3 is 19.1 Å². The van der Waals surface area contributed by atoms with E-state index in [1.807, 2.05) is 18.2 Å². The van der Waals surface area contributed by atoms with Crippen molar-refractivity contribution in [3.05, 3.63) is 42.1 Å². The summed E-state index contributed by atoms with van der Waals surface area (Å²) in [5.41, 5.74) is 0.552.